The molecule has 0 amide bonds. The number of nitrogens with one attached hydrogen (secondary N) is 1. The Bertz CT molecular complexity index is 456. The second-order valence-corrected chi connectivity index (χ2v) is 6.68. The predicted octanol–water partition coefficient (Wildman–Crippen LogP) is 3.17. The minimum atomic E-state index is -4.09. The molecule has 1 aromatic heterocycles. The average molecular weight is 305 g/mol. The Morgan fingerprint density at radius 3 is 2.85 bits per heavy atom. The van der Waals surface area contributed by atoms with Crippen molar-refractivity contribution in [3.05, 3.63) is 11.1 Å². The molecular weight excluding hydrogens is 287 g/mol. The van der Waals surface area contributed by atoms with Gasteiger partial charge in [-0.05, 0) is 25.7 Å². The van der Waals surface area contributed by atoms with Crippen molar-refractivity contribution < 1.29 is 13.2 Å². The molecule has 0 bridgehead atoms. The lowest BCUT2D eigenvalue weighted by Gasteiger charge is -2.33. The van der Waals surface area contributed by atoms with Gasteiger partial charge in [0.15, 0.2) is 5.13 Å². The molecule has 1 aromatic rings. The summed E-state index contributed by atoms with van der Waals surface area (Å²) in [6.07, 6.45) is 0.968. The van der Waals surface area contributed by atoms with Crippen molar-refractivity contribution in [3.63, 3.8) is 0 Å². The quantitative estimate of drug-likeness (QED) is 0.926. The standard InChI is InChI=1S/C13H18F3N3S/c14-13(15,16)9-2-1-5-19(8-9)12-18-7-11(20-12)6-17-10-3-4-10/h7,9-10,17H,1-6,8H2. The highest BCUT2D eigenvalue weighted by Gasteiger charge is 2.42. The largest absolute Gasteiger partial charge is 0.393 e. The molecule has 7 heteroatoms. The highest BCUT2D eigenvalue weighted by atomic mass is 32.1. The van der Waals surface area contributed by atoms with Crippen molar-refractivity contribution in [2.45, 2.75) is 44.4 Å². The minimum absolute atomic E-state index is 0.0481. The van der Waals surface area contributed by atoms with E-state index in [4.69, 9.17) is 0 Å². The number of halogens is 3. The van der Waals surface area contributed by atoms with Gasteiger partial charge in [0.05, 0.1) is 5.92 Å². The number of aromatic nitrogens is 1. The molecule has 2 fully saturated rings. The van der Waals surface area contributed by atoms with E-state index in [0.717, 1.165) is 16.6 Å². The summed E-state index contributed by atoms with van der Waals surface area (Å²) in [4.78, 5) is 7.17. The fourth-order valence-corrected chi connectivity index (χ4v) is 3.37. The molecule has 0 aromatic carbocycles. The third kappa shape index (κ3) is 3.44. The van der Waals surface area contributed by atoms with E-state index in [2.05, 4.69) is 10.3 Å². The maximum Gasteiger partial charge on any atom is 0.393 e. The molecule has 1 unspecified atom stereocenters. The Morgan fingerprint density at radius 2 is 2.15 bits per heavy atom. The molecule has 0 spiro atoms. The topological polar surface area (TPSA) is 28.2 Å². The molecular formula is C13H18F3N3S. The summed E-state index contributed by atoms with van der Waals surface area (Å²) in [5.74, 6) is -1.21. The predicted molar refractivity (Wildman–Crippen MR) is 73.0 cm³/mol. The molecule has 1 aliphatic carbocycles. The van der Waals surface area contributed by atoms with Crippen LogP contribution in [-0.2, 0) is 6.54 Å². The molecule has 1 aliphatic heterocycles. The van der Waals surface area contributed by atoms with Crippen LogP contribution in [0.25, 0.3) is 0 Å². The van der Waals surface area contributed by atoms with Crippen LogP contribution in [0.1, 0.15) is 30.6 Å². The molecule has 3 rings (SSSR count). The van der Waals surface area contributed by atoms with E-state index in [1.165, 1.54) is 24.2 Å². The van der Waals surface area contributed by atoms with Gasteiger partial charge in [0.2, 0.25) is 0 Å². The van der Waals surface area contributed by atoms with Crippen molar-refractivity contribution in [3.8, 4) is 0 Å². The van der Waals surface area contributed by atoms with Crippen molar-refractivity contribution in [2.24, 2.45) is 5.92 Å². The Kier molecular flexibility index (Phi) is 3.90. The fourth-order valence-electron chi connectivity index (χ4n) is 2.48. The number of hydrogen-bond acceptors (Lipinski definition) is 4. The van der Waals surface area contributed by atoms with E-state index in [0.29, 0.717) is 19.0 Å². The lowest BCUT2D eigenvalue weighted by molar-refractivity contribution is -0.175. The Morgan fingerprint density at radius 1 is 1.35 bits per heavy atom. The van der Waals surface area contributed by atoms with Gasteiger partial charge in [-0.1, -0.05) is 0 Å². The van der Waals surface area contributed by atoms with Crippen LogP contribution in [-0.4, -0.2) is 30.3 Å². The lowest BCUT2D eigenvalue weighted by Crippen LogP contribution is -2.41. The van der Waals surface area contributed by atoms with E-state index < -0.39 is 12.1 Å². The number of alkyl halides is 3. The zero-order valence-corrected chi connectivity index (χ0v) is 11.9. The van der Waals surface area contributed by atoms with E-state index in [1.807, 2.05) is 0 Å². The molecule has 1 saturated heterocycles. The number of piperidine rings is 1. The van der Waals surface area contributed by atoms with Crippen molar-refractivity contribution in [1.29, 1.82) is 0 Å². The van der Waals surface area contributed by atoms with Crippen LogP contribution in [0.2, 0.25) is 0 Å². The fraction of sp³-hybridized carbons (Fsp3) is 0.769. The number of anilines is 1. The molecule has 2 heterocycles. The summed E-state index contributed by atoms with van der Waals surface area (Å²) in [6.45, 7) is 1.50. The Balaban J connectivity index is 1.59. The molecule has 1 saturated carbocycles. The number of rotatable bonds is 4. The Labute approximate surface area is 120 Å². The first-order valence-electron chi connectivity index (χ1n) is 7.02. The molecule has 112 valence electrons. The molecule has 1 N–H and O–H groups in total. The van der Waals surface area contributed by atoms with Crippen LogP contribution in [0, 0.1) is 5.92 Å². The number of thiazole rings is 1. The first-order chi connectivity index (χ1) is 9.52. The summed E-state index contributed by atoms with van der Waals surface area (Å²) in [5.41, 5.74) is 0. The first-order valence-corrected chi connectivity index (χ1v) is 7.84. The van der Waals surface area contributed by atoms with E-state index in [9.17, 15) is 13.2 Å². The van der Waals surface area contributed by atoms with Gasteiger partial charge < -0.3 is 10.2 Å². The zero-order chi connectivity index (χ0) is 14.2. The van der Waals surface area contributed by atoms with Crippen LogP contribution >= 0.6 is 11.3 Å². The van der Waals surface area contributed by atoms with Gasteiger partial charge in [-0.15, -0.1) is 11.3 Å². The van der Waals surface area contributed by atoms with Gasteiger partial charge >= 0.3 is 6.18 Å². The number of hydrogen-bond donors (Lipinski definition) is 1. The van der Waals surface area contributed by atoms with Gasteiger partial charge in [-0.3, -0.25) is 0 Å². The summed E-state index contributed by atoms with van der Waals surface area (Å²) in [6, 6.07) is 0.630. The lowest BCUT2D eigenvalue weighted by atomic mass is 9.98. The second-order valence-electron chi connectivity index (χ2n) is 5.59. The second kappa shape index (κ2) is 5.52. The van der Waals surface area contributed by atoms with Crippen LogP contribution in [0.15, 0.2) is 6.20 Å². The third-order valence-electron chi connectivity index (χ3n) is 3.84. The average Bonchev–Trinajstić information content (AvgIpc) is 3.12. The van der Waals surface area contributed by atoms with Crippen LogP contribution in [0.3, 0.4) is 0 Å². The first kappa shape index (κ1) is 14.1. The molecule has 2 aliphatic rings. The smallest absolute Gasteiger partial charge is 0.347 e. The summed E-state index contributed by atoms with van der Waals surface area (Å²) in [7, 11) is 0. The van der Waals surface area contributed by atoms with Gasteiger partial charge in [0.1, 0.15) is 0 Å². The van der Waals surface area contributed by atoms with Gasteiger partial charge in [0, 0.05) is 36.8 Å². The maximum absolute atomic E-state index is 12.8. The van der Waals surface area contributed by atoms with Crippen LogP contribution in [0.4, 0.5) is 18.3 Å². The molecule has 3 nitrogen and oxygen atoms in total. The molecule has 1 atom stereocenters. The van der Waals surface area contributed by atoms with Gasteiger partial charge in [-0.2, -0.15) is 13.2 Å². The zero-order valence-electron chi connectivity index (χ0n) is 11.1. The highest BCUT2D eigenvalue weighted by molar-refractivity contribution is 7.15. The molecule has 20 heavy (non-hydrogen) atoms. The summed E-state index contributed by atoms with van der Waals surface area (Å²) >= 11 is 1.51. The Hall–Kier alpha value is -0.820. The van der Waals surface area contributed by atoms with Gasteiger partial charge in [0.25, 0.3) is 0 Å². The van der Waals surface area contributed by atoms with E-state index in [-0.39, 0.29) is 13.0 Å². The van der Waals surface area contributed by atoms with Crippen molar-refractivity contribution in [2.75, 3.05) is 18.0 Å². The van der Waals surface area contributed by atoms with Crippen LogP contribution in [0.5, 0.6) is 0 Å². The summed E-state index contributed by atoms with van der Waals surface area (Å²) in [5, 5.41) is 4.12. The molecule has 0 radical (unpaired) electrons. The SMILES string of the molecule is FC(F)(F)C1CCCN(c2ncc(CNC3CC3)s2)C1. The van der Waals surface area contributed by atoms with E-state index in [1.54, 1.807) is 11.1 Å². The van der Waals surface area contributed by atoms with Crippen LogP contribution < -0.4 is 10.2 Å². The van der Waals surface area contributed by atoms with Crippen molar-refractivity contribution >= 4 is 16.5 Å². The minimum Gasteiger partial charge on any atom is -0.347 e. The van der Waals surface area contributed by atoms with E-state index >= 15 is 0 Å². The maximum atomic E-state index is 12.8. The summed E-state index contributed by atoms with van der Waals surface area (Å²) < 4.78 is 38.4. The van der Waals surface area contributed by atoms with Gasteiger partial charge in [-0.25, -0.2) is 4.98 Å². The normalized spacial score (nSPS) is 24.1. The monoisotopic (exact) mass is 305 g/mol. The highest BCUT2D eigenvalue weighted by Crippen LogP contribution is 2.35. The third-order valence-corrected chi connectivity index (χ3v) is 4.90. The van der Waals surface area contributed by atoms with Crippen molar-refractivity contribution in [1.82, 2.24) is 10.3 Å². The number of nitrogens with zero attached hydrogens (tertiary/aromatic N) is 2.